The highest BCUT2D eigenvalue weighted by molar-refractivity contribution is 7.22. The van der Waals surface area contributed by atoms with Gasteiger partial charge in [0, 0.05) is 44.9 Å². The Kier molecular flexibility index (Phi) is 5.70. The second kappa shape index (κ2) is 8.40. The van der Waals surface area contributed by atoms with E-state index in [2.05, 4.69) is 9.88 Å². The number of aryl methyl sites for hydroxylation is 1. The van der Waals surface area contributed by atoms with Crippen LogP contribution < -0.4 is 0 Å². The van der Waals surface area contributed by atoms with E-state index < -0.39 is 0 Å². The number of nitro benzene ring substituents is 1. The standard InChI is InChI=1S/C20H20N4O3S2/c1-14-18(29-19(21-14)17-6-3-11-28-17)20(25)23-9-7-22(8-10-23)13-15-4-2-5-16(12-15)24(26)27/h2-6,11-12H,7-10,13H2,1H3. The first-order valence-corrected chi connectivity index (χ1v) is 11.0. The van der Waals surface area contributed by atoms with E-state index in [1.807, 2.05) is 35.4 Å². The van der Waals surface area contributed by atoms with Gasteiger partial charge in [-0.1, -0.05) is 18.2 Å². The smallest absolute Gasteiger partial charge is 0.269 e. The molecule has 3 aromatic rings. The maximum Gasteiger partial charge on any atom is 0.269 e. The van der Waals surface area contributed by atoms with Gasteiger partial charge in [-0.05, 0) is 23.9 Å². The Morgan fingerprint density at radius 3 is 2.69 bits per heavy atom. The number of thiophene rings is 1. The minimum absolute atomic E-state index is 0.0396. The number of nitrogens with zero attached hydrogens (tertiary/aromatic N) is 4. The number of nitro groups is 1. The molecule has 7 nitrogen and oxygen atoms in total. The third kappa shape index (κ3) is 4.36. The van der Waals surface area contributed by atoms with E-state index in [-0.39, 0.29) is 16.5 Å². The van der Waals surface area contributed by atoms with Crippen molar-refractivity contribution in [2.24, 2.45) is 0 Å². The lowest BCUT2D eigenvalue weighted by atomic mass is 10.1. The maximum absolute atomic E-state index is 13.0. The van der Waals surface area contributed by atoms with Crippen LogP contribution in [-0.2, 0) is 6.54 Å². The monoisotopic (exact) mass is 428 g/mol. The first-order chi connectivity index (χ1) is 14.0. The Morgan fingerprint density at radius 1 is 1.21 bits per heavy atom. The molecule has 29 heavy (non-hydrogen) atoms. The third-order valence-electron chi connectivity index (χ3n) is 4.91. The highest BCUT2D eigenvalue weighted by Gasteiger charge is 2.26. The molecule has 0 unspecified atom stereocenters. The number of hydrogen-bond acceptors (Lipinski definition) is 7. The minimum atomic E-state index is -0.373. The number of amides is 1. The van der Waals surface area contributed by atoms with Gasteiger partial charge >= 0.3 is 0 Å². The van der Waals surface area contributed by atoms with Gasteiger partial charge in [0.1, 0.15) is 9.88 Å². The Balaban J connectivity index is 1.38. The number of benzene rings is 1. The average molecular weight is 429 g/mol. The van der Waals surface area contributed by atoms with Crippen LogP contribution in [0.25, 0.3) is 9.88 Å². The average Bonchev–Trinajstić information content (AvgIpc) is 3.38. The molecule has 0 N–H and O–H groups in total. The fraction of sp³-hybridized carbons (Fsp3) is 0.300. The lowest BCUT2D eigenvalue weighted by Gasteiger charge is -2.34. The van der Waals surface area contributed by atoms with Gasteiger partial charge in [0.25, 0.3) is 11.6 Å². The molecule has 1 aromatic carbocycles. The summed E-state index contributed by atoms with van der Waals surface area (Å²) < 4.78 is 0. The summed E-state index contributed by atoms with van der Waals surface area (Å²) in [6.07, 6.45) is 0. The van der Waals surface area contributed by atoms with Gasteiger partial charge in [0.15, 0.2) is 0 Å². The second-order valence-corrected chi connectivity index (χ2v) is 8.85. The van der Waals surface area contributed by atoms with E-state index in [9.17, 15) is 14.9 Å². The summed E-state index contributed by atoms with van der Waals surface area (Å²) in [4.78, 5) is 34.0. The van der Waals surface area contributed by atoms with Gasteiger partial charge in [0.05, 0.1) is 15.5 Å². The van der Waals surface area contributed by atoms with Crippen LogP contribution in [0, 0.1) is 17.0 Å². The number of rotatable bonds is 5. The summed E-state index contributed by atoms with van der Waals surface area (Å²) in [6, 6.07) is 10.7. The van der Waals surface area contributed by atoms with Gasteiger partial charge < -0.3 is 4.90 Å². The molecule has 0 bridgehead atoms. The quantitative estimate of drug-likeness (QED) is 0.452. The molecule has 1 amide bonds. The Bertz CT molecular complexity index is 1020. The molecule has 9 heteroatoms. The highest BCUT2D eigenvalue weighted by Crippen LogP contribution is 2.32. The molecule has 1 saturated heterocycles. The van der Waals surface area contributed by atoms with Gasteiger partial charge in [-0.15, -0.1) is 22.7 Å². The Hall–Kier alpha value is -2.62. The summed E-state index contributed by atoms with van der Waals surface area (Å²) in [6.45, 7) is 5.29. The summed E-state index contributed by atoms with van der Waals surface area (Å²) in [7, 11) is 0. The zero-order chi connectivity index (χ0) is 20.4. The fourth-order valence-corrected chi connectivity index (χ4v) is 5.21. The van der Waals surface area contributed by atoms with E-state index in [1.165, 1.54) is 17.4 Å². The van der Waals surface area contributed by atoms with Crippen molar-refractivity contribution < 1.29 is 9.72 Å². The van der Waals surface area contributed by atoms with E-state index in [4.69, 9.17) is 0 Å². The predicted molar refractivity (Wildman–Crippen MR) is 114 cm³/mol. The summed E-state index contributed by atoms with van der Waals surface area (Å²) in [5, 5.41) is 13.8. The van der Waals surface area contributed by atoms with E-state index in [1.54, 1.807) is 23.5 Å². The highest BCUT2D eigenvalue weighted by atomic mass is 32.1. The van der Waals surface area contributed by atoms with Crippen molar-refractivity contribution in [3.8, 4) is 9.88 Å². The molecule has 0 spiro atoms. The van der Waals surface area contributed by atoms with Gasteiger partial charge in [-0.3, -0.25) is 19.8 Å². The molecule has 0 radical (unpaired) electrons. The van der Waals surface area contributed by atoms with E-state index in [0.717, 1.165) is 34.2 Å². The van der Waals surface area contributed by atoms with Crippen LogP contribution in [0.15, 0.2) is 41.8 Å². The van der Waals surface area contributed by atoms with Crippen molar-refractivity contribution in [2.45, 2.75) is 13.5 Å². The summed E-state index contributed by atoms with van der Waals surface area (Å²) >= 11 is 3.08. The van der Waals surface area contributed by atoms with Gasteiger partial charge in [-0.25, -0.2) is 4.98 Å². The lowest BCUT2D eigenvalue weighted by molar-refractivity contribution is -0.384. The largest absolute Gasteiger partial charge is 0.335 e. The zero-order valence-corrected chi connectivity index (χ0v) is 17.5. The third-order valence-corrected chi connectivity index (χ3v) is 7.09. The van der Waals surface area contributed by atoms with Crippen LogP contribution in [0.1, 0.15) is 20.9 Å². The fourth-order valence-electron chi connectivity index (χ4n) is 3.38. The number of aromatic nitrogens is 1. The van der Waals surface area contributed by atoms with Crippen molar-refractivity contribution in [3.63, 3.8) is 0 Å². The molecule has 4 rings (SSSR count). The summed E-state index contributed by atoms with van der Waals surface area (Å²) in [5.74, 6) is 0.0396. The zero-order valence-electron chi connectivity index (χ0n) is 15.9. The van der Waals surface area contributed by atoms with E-state index in [0.29, 0.717) is 24.5 Å². The van der Waals surface area contributed by atoms with Crippen LogP contribution in [0.5, 0.6) is 0 Å². The van der Waals surface area contributed by atoms with Crippen LogP contribution in [0.2, 0.25) is 0 Å². The molecule has 0 aliphatic carbocycles. The number of carbonyl (C=O) groups excluding carboxylic acids is 1. The van der Waals surface area contributed by atoms with Gasteiger partial charge in [0.2, 0.25) is 0 Å². The van der Waals surface area contributed by atoms with Crippen LogP contribution in [0.4, 0.5) is 5.69 Å². The topological polar surface area (TPSA) is 79.6 Å². The van der Waals surface area contributed by atoms with Gasteiger partial charge in [-0.2, -0.15) is 0 Å². The minimum Gasteiger partial charge on any atom is -0.335 e. The van der Waals surface area contributed by atoms with E-state index >= 15 is 0 Å². The van der Waals surface area contributed by atoms with Crippen molar-refractivity contribution >= 4 is 34.3 Å². The first kappa shape index (κ1) is 19.7. The lowest BCUT2D eigenvalue weighted by Crippen LogP contribution is -2.48. The first-order valence-electron chi connectivity index (χ1n) is 9.27. The molecule has 1 fully saturated rings. The van der Waals surface area contributed by atoms with Crippen LogP contribution in [0.3, 0.4) is 0 Å². The van der Waals surface area contributed by atoms with Crippen molar-refractivity contribution in [2.75, 3.05) is 26.2 Å². The summed E-state index contributed by atoms with van der Waals surface area (Å²) in [5.41, 5.74) is 1.80. The van der Waals surface area contributed by atoms with Crippen molar-refractivity contribution in [3.05, 3.63) is 68.0 Å². The van der Waals surface area contributed by atoms with Crippen molar-refractivity contribution in [1.29, 1.82) is 0 Å². The van der Waals surface area contributed by atoms with Crippen LogP contribution in [-0.4, -0.2) is 51.8 Å². The molecule has 0 atom stereocenters. The number of carbonyl (C=O) groups is 1. The van der Waals surface area contributed by atoms with Crippen LogP contribution >= 0.6 is 22.7 Å². The SMILES string of the molecule is Cc1nc(-c2cccs2)sc1C(=O)N1CCN(Cc2cccc([N+](=O)[O-])c2)CC1. The molecule has 3 heterocycles. The molecule has 150 valence electrons. The molecular formula is C20H20N4O3S2. The molecule has 1 aliphatic rings. The maximum atomic E-state index is 13.0. The number of thiazole rings is 1. The number of non-ortho nitro benzene ring substituents is 1. The van der Waals surface area contributed by atoms with Crippen molar-refractivity contribution in [1.82, 2.24) is 14.8 Å². The predicted octanol–water partition coefficient (Wildman–Crippen LogP) is 4.05. The molecular weight excluding hydrogens is 408 g/mol. The second-order valence-electron chi connectivity index (χ2n) is 6.91. The Morgan fingerprint density at radius 2 is 2.00 bits per heavy atom. The normalized spacial score (nSPS) is 14.9. The molecule has 2 aromatic heterocycles. The molecule has 0 saturated carbocycles. The number of hydrogen-bond donors (Lipinski definition) is 0. The Labute approximate surface area is 176 Å². The number of piperazine rings is 1. The molecule has 1 aliphatic heterocycles.